The van der Waals surface area contributed by atoms with E-state index in [-0.39, 0.29) is 5.69 Å². The number of amides is 2. The number of nitrogens with one attached hydrogen (secondary N) is 2. The molecular weight excluding hydrogens is 517 g/mol. The van der Waals surface area contributed by atoms with Crippen molar-refractivity contribution in [2.75, 3.05) is 5.32 Å². The largest absolute Gasteiger partial charge is 0.338 e. The summed E-state index contributed by atoms with van der Waals surface area (Å²) in [5, 5.41) is 9.86. The highest BCUT2D eigenvalue weighted by molar-refractivity contribution is 6.01. The lowest BCUT2D eigenvalue weighted by molar-refractivity contribution is -0.118. The molecule has 7 nitrogen and oxygen atoms in total. The van der Waals surface area contributed by atoms with Crippen molar-refractivity contribution in [1.82, 2.24) is 20.1 Å². The molecule has 0 aliphatic heterocycles. The minimum Gasteiger partial charge on any atom is -0.338 e. The van der Waals surface area contributed by atoms with Gasteiger partial charge in [-0.3, -0.25) is 19.3 Å². The van der Waals surface area contributed by atoms with Gasteiger partial charge in [-0.1, -0.05) is 60.7 Å². The number of carbonyl (C=O) groups is 2. The fourth-order valence-corrected chi connectivity index (χ4v) is 4.97. The maximum Gasteiger partial charge on any atom is 0.270 e. The quantitative estimate of drug-likeness (QED) is 0.257. The zero-order valence-electron chi connectivity index (χ0n) is 23.0. The van der Waals surface area contributed by atoms with E-state index in [1.54, 1.807) is 37.5 Å². The van der Waals surface area contributed by atoms with Crippen molar-refractivity contribution < 1.29 is 14.0 Å². The molecule has 2 aromatic heterocycles. The molecule has 0 saturated heterocycles. The topological polar surface area (TPSA) is 88.9 Å². The molecule has 8 heteroatoms. The second kappa shape index (κ2) is 12.0. The maximum atomic E-state index is 15.4. The van der Waals surface area contributed by atoms with E-state index in [9.17, 15) is 9.59 Å². The summed E-state index contributed by atoms with van der Waals surface area (Å²) in [6.07, 6.45) is 3.17. The van der Waals surface area contributed by atoms with Crippen LogP contribution in [0.4, 0.5) is 10.1 Å². The van der Waals surface area contributed by atoms with Crippen LogP contribution in [0.2, 0.25) is 0 Å². The fourth-order valence-electron chi connectivity index (χ4n) is 4.97. The number of aromatic nitrogens is 3. The molecule has 1 atom stereocenters. The molecule has 2 heterocycles. The highest BCUT2D eigenvalue weighted by atomic mass is 19.1. The molecule has 3 aromatic carbocycles. The first kappa shape index (κ1) is 27.5. The molecule has 0 saturated carbocycles. The molecule has 2 N–H and O–H groups in total. The van der Waals surface area contributed by atoms with Crippen LogP contribution in [0.15, 0.2) is 103 Å². The van der Waals surface area contributed by atoms with Crippen LogP contribution in [0.1, 0.15) is 38.8 Å². The third-order valence-electron chi connectivity index (χ3n) is 7.26. The first-order valence-electron chi connectivity index (χ1n) is 13.2. The summed E-state index contributed by atoms with van der Waals surface area (Å²) in [6, 6.07) is 25.9. The number of anilines is 1. The first-order chi connectivity index (χ1) is 19.8. The van der Waals surface area contributed by atoms with Crippen molar-refractivity contribution in [2.45, 2.75) is 25.8 Å². The second-order valence-corrected chi connectivity index (χ2v) is 9.84. The standard InChI is InChI=1S/C33H30FN5O2/c1-21-22(2)35-18-16-26(21)27-15-14-25(20-28(27)34)37-33(41)31(38-32(40)29-17-19-36-39(29)3)30(23-10-6-4-7-11-23)24-12-8-5-9-13-24/h4-20,30-31H,1-3H3,(H,37,41)(H,38,40). The number of halogens is 1. The molecule has 206 valence electrons. The Bertz CT molecular complexity index is 1650. The van der Waals surface area contributed by atoms with Gasteiger partial charge < -0.3 is 10.6 Å². The van der Waals surface area contributed by atoms with E-state index in [1.165, 1.54) is 16.9 Å². The molecular formula is C33H30FN5O2. The van der Waals surface area contributed by atoms with Gasteiger partial charge in [-0.05, 0) is 66.4 Å². The Labute approximate surface area is 238 Å². The summed E-state index contributed by atoms with van der Waals surface area (Å²) in [4.78, 5) is 31.6. The van der Waals surface area contributed by atoms with E-state index in [0.29, 0.717) is 11.3 Å². The van der Waals surface area contributed by atoms with Crippen molar-refractivity contribution in [3.8, 4) is 11.1 Å². The normalized spacial score (nSPS) is 11.7. The number of pyridine rings is 1. The van der Waals surface area contributed by atoms with Crippen molar-refractivity contribution in [1.29, 1.82) is 0 Å². The zero-order chi connectivity index (χ0) is 28.9. The predicted molar refractivity (Wildman–Crippen MR) is 157 cm³/mol. The lowest BCUT2D eigenvalue weighted by atomic mass is 9.84. The van der Waals surface area contributed by atoms with Crippen molar-refractivity contribution in [3.05, 3.63) is 137 Å². The molecule has 5 aromatic rings. The molecule has 41 heavy (non-hydrogen) atoms. The molecule has 1 unspecified atom stereocenters. The Morgan fingerprint density at radius 3 is 2.07 bits per heavy atom. The molecule has 0 radical (unpaired) electrons. The smallest absolute Gasteiger partial charge is 0.270 e. The molecule has 0 aliphatic carbocycles. The fraction of sp³-hybridized carbons (Fsp3) is 0.152. The molecule has 0 aliphatic rings. The monoisotopic (exact) mass is 547 g/mol. The molecule has 0 bridgehead atoms. The summed E-state index contributed by atoms with van der Waals surface area (Å²) in [5.41, 5.74) is 5.12. The summed E-state index contributed by atoms with van der Waals surface area (Å²) >= 11 is 0. The van der Waals surface area contributed by atoms with Crippen molar-refractivity contribution >= 4 is 17.5 Å². The summed E-state index contributed by atoms with van der Waals surface area (Å²) < 4.78 is 16.8. The predicted octanol–water partition coefficient (Wildman–Crippen LogP) is 5.81. The van der Waals surface area contributed by atoms with Gasteiger partial charge in [-0.2, -0.15) is 5.10 Å². The van der Waals surface area contributed by atoms with Crippen LogP contribution in [0, 0.1) is 19.7 Å². The van der Waals surface area contributed by atoms with Crippen molar-refractivity contribution in [3.63, 3.8) is 0 Å². The number of benzene rings is 3. The van der Waals surface area contributed by atoms with Crippen LogP contribution >= 0.6 is 0 Å². The van der Waals surface area contributed by atoms with E-state index in [0.717, 1.165) is 27.9 Å². The van der Waals surface area contributed by atoms with Gasteiger partial charge in [0.2, 0.25) is 5.91 Å². The second-order valence-electron chi connectivity index (χ2n) is 9.84. The average molecular weight is 548 g/mol. The number of aryl methyl sites for hydroxylation is 2. The van der Waals surface area contributed by atoms with E-state index in [4.69, 9.17) is 0 Å². The van der Waals surface area contributed by atoms with Crippen LogP contribution in [0.3, 0.4) is 0 Å². The summed E-state index contributed by atoms with van der Waals surface area (Å²) in [6.45, 7) is 3.77. The Morgan fingerprint density at radius 1 is 0.829 bits per heavy atom. The number of rotatable bonds is 8. The van der Waals surface area contributed by atoms with Crippen LogP contribution < -0.4 is 10.6 Å². The lowest BCUT2D eigenvalue weighted by Gasteiger charge is -2.28. The number of nitrogens with zero attached hydrogens (tertiary/aromatic N) is 3. The maximum absolute atomic E-state index is 15.4. The lowest BCUT2D eigenvalue weighted by Crippen LogP contribution is -2.48. The number of hydrogen-bond donors (Lipinski definition) is 2. The Morgan fingerprint density at radius 2 is 1.49 bits per heavy atom. The third-order valence-corrected chi connectivity index (χ3v) is 7.26. The van der Waals surface area contributed by atoms with Gasteiger partial charge in [0.15, 0.2) is 0 Å². The Balaban J connectivity index is 1.51. The minimum atomic E-state index is -1.03. The average Bonchev–Trinajstić information content (AvgIpc) is 3.41. The Hall–Kier alpha value is -5.11. The third kappa shape index (κ3) is 5.91. The molecule has 0 fully saturated rings. The van der Waals surface area contributed by atoms with E-state index < -0.39 is 29.6 Å². The van der Waals surface area contributed by atoms with Gasteiger partial charge in [0.05, 0.1) is 0 Å². The summed E-state index contributed by atoms with van der Waals surface area (Å²) in [5.74, 6) is -1.94. The molecule has 2 amide bonds. The van der Waals surface area contributed by atoms with Crippen molar-refractivity contribution in [2.24, 2.45) is 7.05 Å². The van der Waals surface area contributed by atoms with E-state index in [2.05, 4.69) is 20.7 Å². The minimum absolute atomic E-state index is 0.277. The van der Waals surface area contributed by atoms with Crippen LogP contribution in [-0.4, -0.2) is 32.6 Å². The zero-order valence-corrected chi connectivity index (χ0v) is 23.0. The van der Waals surface area contributed by atoms with E-state index in [1.807, 2.05) is 74.5 Å². The van der Waals surface area contributed by atoms with Gasteiger partial charge in [0.1, 0.15) is 17.6 Å². The van der Waals surface area contributed by atoms with Gasteiger partial charge in [0, 0.05) is 42.3 Å². The molecule has 5 rings (SSSR count). The van der Waals surface area contributed by atoms with Gasteiger partial charge in [-0.25, -0.2) is 4.39 Å². The van der Waals surface area contributed by atoms with Crippen LogP contribution in [0.5, 0.6) is 0 Å². The number of hydrogen-bond acceptors (Lipinski definition) is 4. The first-order valence-corrected chi connectivity index (χ1v) is 13.2. The van der Waals surface area contributed by atoms with Crippen LogP contribution in [0.25, 0.3) is 11.1 Å². The summed E-state index contributed by atoms with van der Waals surface area (Å²) in [7, 11) is 1.66. The number of carbonyl (C=O) groups excluding carboxylic acids is 2. The van der Waals surface area contributed by atoms with Gasteiger partial charge in [0.25, 0.3) is 5.91 Å². The highest BCUT2D eigenvalue weighted by Crippen LogP contribution is 2.31. The SMILES string of the molecule is Cc1nccc(-c2ccc(NC(=O)C(NC(=O)c3ccnn3C)C(c3ccccc3)c3ccccc3)cc2F)c1C. The molecule has 0 spiro atoms. The van der Waals surface area contributed by atoms with Crippen LogP contribution in [-0.2, 0) is 11.8 Å². The highest BCUT2D eigenvalue weighted by Gasteiger charge is 2.33. The van der Waals surface area contributed by atoms with Gasteiger partial charge in [-0.15, -0.1) is 0 Å². The Kier molecular flexibility index (Phi) is 8.01. The van der Waals surface area contributed by atoms with Gasteiger partial charge >= 0.3 is 0 Å². The van der Waals surface area contributed by atoms with E-state index >= 15 is 4.39 Å².